The molecule has 1 aliphatic rings. The fourth-order valence-electron chi connectivity index (χ4n) is 2.48. The maximum absolute atomic E-state index is 12.4. The molecule has 0 aliphatic carbocycles. The normalized spacial score (nSPS) is 16.5. The van der Waals surface area contributed by atoms with Crippen LogP contribution in [0.1, 0.15) is 18.4 Å². The molecule has 1 unspecified atom stereocenters. The lowest BCUT2D eigenvalue weighted by Gasteiger charge is -2.26. The van der Waals surface area contributed by atoms with Crippen molar-refractivity contribution in [1.29, 1.82) is 5.26 Å². The van der Waals surface area contributed by atoms with Crippen molar-refractivity contribution in [2.75, 3.05) is 6.61 Å². The first-order valence-corrected chi connectivity index (χ1v) is 7.04. The zero-order chi connectivity index (χ0) is 18.6. The van der Waals surface area contributed by atoms with E-state index in [1.807, 2.05) is 6.07 Å². The number of rotatable bonds is 4. The van der Waals surface area contributed by atoms with Crippen LogP contribution in [0.4, 0.5) is 5.69 Å². The second-order valence-electron chi connectivity index (χ2n) is 5.03. The van der Waals surface area contributed by atoms with Gasteiger partial charge in [-0.05, 0) is 12.5 Å². The van der Waals surface area contributed by atoms with Gasteiger partial charge in [-0.25, -0.2) is 4.79 Å². The van der Waals surface area contributed by atoms with E-state index in [0.717, 1.165) is 0 Å². The molecule has 25 heavy (non-hydrogen) atoms. The molecule has 8 heteroatoms. The lowest BCUT2D eigenvalue weighted by molar-refractivity contribution is -0.384. The minimum Gasteiger partial charge on any atom is -0.449 e. The molecule has 0 spiro atoms. The van der Waals surface area contributed by atoms with E-state index >= 15 is 0 Å². The van der Waals surface area contributed by atoms with Crippen LogP contribution in [0.3, 0.4) is 0 Å². The molecule has 0 bridgehead atoms. The number of nitrogens with zero attached hydrogens (tertiary/aromatic N) is 2. The first-order valence-electron chi connectivity index (χ1n) is 7.04. The van der Waals surface area contributed by atoms with E-state index in [1.165, 1.54) is 25.1 Å². The summed E-state index contributed by atoms with van der Waals surface area (Å²) in [6, 6.07) is 7.46. The molecule has 1 aromatic carbocycles. The zero-order valence-corrected chi connectivity index (χ0v) is 13.2. The van der Waals surface area contributed by atoms with Crippen molar-refractivity contribution >= 4 is 11.7 Å². The molecule has 1 aliphatic heterocycles. The van der Waals surface area contributed by atoms with Gasteiger partial charge in [-0.15, -0.1) is 6.42 Å². The Kier molecular flexibility index (Phi) is 5.06. The number of nitriles is 1. The third-order valence-corrected chi connectivity index (χ3v) is 3.53. The molecule has 0 radical (unpaired) electrons. The standard InChI is InChI=1S/C17H13N3O5/c1-3-7-24-17(21)14-10(2)25-16(19)13(9-18)15(14)11-5-4-6-12(8-11)20(22)23/h1,4-6,8,15H,7,19H2,2H3. The average molecular weight is 339 g/mol. The molecule has 1 atom stereocenters. The highest BCUT2D eigenvalue weighted by Crippen LogP contribution is 2.40. The van der Waals surface area contributed by atoms with Crippen molar-refractivity contribution < 1.29 is 19.2 Å². The Morgan fingerprint density at radius 2 is 2.28 bits per heavy atom. The number of benzene rings is 1. The first-order chi connectivity index (χ1) is 11.9. The molecular formula is C17H13N3O5. The van der Waals surface area contributed by atoms with Crippen molar-refractivity contribution in [2.45, 2.75) is 12.8 Å². The van der Waals surface area contributed by atoms with Crippen LogP contribution in [0.15, 0.2) is 47.1 Å². The van der Waals surface area contributed by atoms with Crippen LogP contribution in [0.2, 0.25) is 0 Å². The number of carbonyl (C=O) groups excluding carboxylic acids is 1. The van der Waals surface area contributed by atoms with E-state index < -0.39 is 16.8 Å². The van der Waals surface area contributed by atoms with Gasteiger partial charge in [0.15, 0.2) is 6.61 Å². The van der Waals surface area contributed by atoms with E-state index in [1.54, 1.807) is 6.07 Å². The van der Waals surface area contributed by atoms with E-state index in [0.29, 0.717) is 5.56 Å². The summed E-state index contributed by atoms with van der Waals surface area (Å²) in [6.07, 6.45) is 5.08. The number of hydrogen-bond acceptors (Lipinski definition) is 7. The molecule has 2 N–H and O–H groups in total. The summed E-state index contributed by atoms with van der Waals surface area (Å²) < 4.78 is 10.2. The van der Waals surface area contributed by atoms with Gasteiger partial charge in [0.1, 0.15) is 17.4 Å². The number of carbonyl (C=O) groups is 1. The van der Waals surface area contributed by atoms with E-state index in [4.69, 9.17) is 21.6 Å². The van der Waals surface area contributed by atoms with Crippen LogP contribution in [0.25, 0.3) is 0 Å². The number of nitro benzene ring substituents is 1. The summed E-state index contributed by atoms with van der Waals surface area (Å²) in [5.41, 5.74) is 5.87. The van der Waals surface area contributed by atoms with Crippen molar-refractivity contribution in [3.63, 3.8) is 0 Å². The maximum Gasteiger partial charge on any atom is 0.339 e. The second kappa shape index (κ2) is 7.20. The van der Waals surface area contributed by atoms with Gasteiger partial charge in [0, 0.05) is 12.1 Å². The summed E-state index contributed by atoms with van der Waals surface area (Å²) in [5, 5.41) is 20.5. The molecule has 1 heterocycles. The Hall–Kier alpha value is -3.78. The molecule has 0 saturated heterocycles. The number of ether oxygens (including phenoxy) is 2. The summed E-state index contributed by atoms with van der Waals surface area (Å²) >= 11 is 0. The molecule has 2 rings (SSSR count). The number of allylic oxidation sites excluding steroid dienone is 2. The van der Waals surface area contributed by atoms with Crippen LogP contribution in [0, 0.1) is 33.8 Å². The molecule has 0 fully saturated rings. The predicted molar refractivity (Wildman–Crippen MR) is 86.2 cm³/mol. The lowest BCUT2D eigenvalue weighted by atomic mass is 9.83. The van der Waals surface area contributed by atoms with Gasteiger partial charge in [-0.2, -0.15) is 5.26 Å². The van der Waals surface area contributed by atoms with Gasteiger partial charge >= 0.3 is 5.97 Å². The number of terminal acetylenes is 1. The predicted octanol–water partition coefficient (Wildman–Crippen LogP) is 1.85. The topological polar surface area (TPSA) is 128 Å². The smallest absolute Gasteiger partial charge is 0.339 e. The second-order valence-corrected chi connectivity index (χ2v) is 5.03. The highest BCUT2D eigenvalue weighted by molar-refractivity contribution is 5.92. The van der Waals surface area contributed by atoms with Crippen molar-refractivity contribution in [3.8, 4) is 18.4 Å². The van der Waals surface area contributed by atoms with Crippen molar-refractivity contribution in [1.82, 2.24) is 0 Å². The largest absolute Gasteiger partial charge is 0.449 e. The van der Waals surface area contributed by atoms with Crippen LogP contribution in [-0.2, 0) is 14.3 Å². The van der Waals surface area contributed by atoms with Gasteiger partial charge in [-0.3, -0.25) is 10.1 Å². The first kappa shape index (κ1) is 17.6. The number of nitrogens with two attached hydrogens (primary N) is 1. The molecule has 126 valence electrons. The van der Waals surface area contributed by atoms with Crippen molar-refractivity contribution in [3.05, 3.63) is 62.7 Å². The van der Waals surface area contributed by atoms with E-state index in [-0.39, 0.29) is 35.1 Å². The van der Waals surface area contributed by atoms with Gasteiger partial charge in [0.05, 0.1) is 16.4 Å². The van der Waals surface area contributed by atoms with E-state index in [2.05, 4.69) is 5.92 Å². The van der Waals surface area contributed by atoms with Gasteiger partial charge in [0.2, 0.25) is 5.88 Å². The Bertz CT molecular complexity index is 886. The van der Waals surface area contributed by atoms with Crippen LogP contribution >= 0.6 is 0 Å². The van der Waals surface area contributed by atoms with Gasteiger partial charge in [-0.1, -0.05) is 18.1 Å². The SMILES string of the molecule is C#CCOC(=O)C1=C(C)OC(N)=C(C#N)C1c1cccc([N+](=O)[O-])c1. The third kappa shape index (κ3) is 3.43. The number of nitro groups is 1. The summed E-state index contributed by atoms with van der Waals surface area (Å²) in [7, 11) is 0. The quantitative estimate of drug-likeness (QED) is 0.383. The van der Waals surface area contributed by atoms with Gasteiger partial charge in [0.25, 0.3) is 5.69 Å². The fraction of sp³-hybridized carbons (Fsp3) is 0.176. The lowest BCUT2D eigenvalue weighted by Crippen LogP contribution is -2.25. The number of non-ortho nitro benzene ring substituents is 1. The number of esters is 1. The monoisotopic (exact) mass is 339 g/mol. The van der Waals surface area contributed by atoms with Crippen LogP contribution in [-0.4, -0.2) is 17.5 Å². The summed E-state index contributed by atoms with van der Waals surface area (Å²) in [5.74, 6) is 0.386. The molecular weight excluding hydrogens is 326 g/mol. The Morgan fingerprint density at radius 1 is 1.56 bits per heavy atom. The maximum atomic E-state index is 12.4. The Morgan fingerprint density at radius 3 is 2.88 bits per heavy atom. The van der Waals surface area contributed by atoms with Crippen molar-refractivity contribution in [2.24, 2.45) is 5.73 Å². The summed E-state index contributed by atoms with van der Waals surface area (Å²) in [6.45, 7) is 1.22. The molecule has 0 saturated carbocycles. The third-order valence-electron chi connectivity index (χ3n) is 3.53. The Labute approximate surface area is 143 Å². The average Bonchev–Trinajstić information content (AvgIpc) is 2.59. The van der Waals surface area contributed by atoms with Gasteiger partial charge < -0.3 is 15.2 Å². The molecule has 1 aromatic rings. The van der Waals surface area contributed by atoms with Crippen LogP contribution < -0.4 is 5.73 Å². The molecule has 8 nitrogen and oxygen atoms in total. The molecule has 0 aromatic heterocycles. The molecule has 0 amide bonds. The summed E-state index contributed by atoms with van der Waals surface area (Å²) in [4.78, 5) is 22.8. The highest BCUT2D eigenvalue weighted by Gasteiger charge is 2.36. The van der Waals surface area contributed by atoms with Crippen LogP contribution in [0.5, 0.6) is 0 Å². The highest BCUT2D eigenvalue weighted by atomic mass is 16.6. The zero-order valence-electron chi connectivity index (χ0n) is 13.2. The number of hydrogen-bond donors (Lipinski definition) is 1. The minimum atomic E-state index is -0.955. The fourth-order valence-corrected chi connectivity index (χ4v) is 2.48. The van der Waals surface area contributed by atoms with E-state index in [9.17, 15) is 20.2 Å². The minimum absolute atomic E-state index is 0.0153. The Balaban J connectivity index is 2.61.